The van der Waals surface area contributed by atoms with Crippen LogP contribution in [0.4, 0.5) is 0 Å². The van der Waals surface area contributed by atoms with Gasteiger partial charge in [0.25, 0.3) is 0 Å². The lowest BCUT2D eigenvalue weighted by atomic mass is 10.1. The van der Waals surface area contributed by atoms with Gasteiger partial charge in [0, 0.05) is 36.0 Å². The first kappa shape index (κ1) is 23.0. The van der Waals surface area contributed by atoms with E-state index >= 15 is 0 Å². The number of methoxy groups -OCH3 is 3. The summed E-state index contributed by atoms with van der Waals surface area (Å²) in [4.78, 5) is 36.3. The van der Waals surface area contributed by atoms with E-state index in [2.05, 4.69) is 4.74 Å². The van der Waals surface area contributed by atoms with Crippen LogP contribution in [0.25, 0.3) is 0 Å². The number of benzene rings is 1. The Labute approximate surface area is 175 Å². The van der Waals surface area contributed by atoms with E-state index in [-0.39, 0.29) is 23.9 Å². The number of aryl methyl sites for hydroxylation is 1. The predicted molar refractivity (Wildman–Crippen MR) is 109 cm³/mol. The van der Waals surface area contributed by atoms with Crippen molar-refractivity contribution >= 4 is 17.7 Å². The zero-order chi connectivity index (χ0) is 22.3. The number of esters is 2. The van der Waals surface area contributed by atoms with Crippen LogP contribution in [0, 0.1) is 13.8 Å². The maximum Gasteiger partial charge on any atom is 0.338 e. The summed E-state index contributed by atoms with van der Waals surface area (Å²) >= 11 is 0. The molecule has 8 heteroatoms. The van der Waals surface area contributed by atoms with E-state index < -0.39 is 5.97 Å². The van der Waals surface area contributed by atoms with Gasteiger partial charge in [0.05, 0.1) is 26.9 Å². The second-order valence-corrected chi connectivity index (χ2v) is 6.72. The molecule has 0 saturated carbocycles. The molecule has 1 heterocycles. The minimum Gasteiger partial charge on any atom is -0.497 e. The van der Waals surface area contributed by atoms with Crippen LogP contribution in [0.15, 0.2) is 24.3 Å². The highest BCUT2D eigenvalue weighted by Crippen LogP contribution is 2.23. The van der Waals surface area contributed by atoms with Crippen LogP contribution in [0.3, 0.4) is 0 Å². The summed E-state index contributed by atoms with van der Waals surface area (Å²) in [5.41, 5.74) is 2.37. The second-order valence-electron chi connectivity index (χ2n) is 6.72. The van der Waals surface area contributed by atoms with Crippen molar-refractivity contribution in [3.05, 3.63) is 46.8 Å². The molecule has 1 aromatic carbocycles. The minimum atomic E-state index is -0.646. The molecular weight excluding hydrogens is 390 g/mol. The molecule has 0 aliphatic carbocycles. The Hall–Kier alpha value is -3.29. The lowest BCUT2D eigenvalue weighted by molar-refractivity contribution is -0.140. The number of Topliss-reactive ketones (excluding diaryl/α,β-unsaturated/α-hetero) is 1. The van der Waals surface area contributed by atoms with E-state index in [1.54, 1.807) is 12.1 Å². The molecule has 0 bridgehead atoms. The standard InChI is InChI=1S/C22H27NO7/c1-14-9-19(15(2)23(14)8-6-7-21(25)29-5)20(24)13-30-22(26)16-10-17(27-3)12-18(11-16)28-4/h9-12H,6-8,13H2,1-5H3. The van der Waals surface area contributed by atoms with Crippen LogP contribution in [0.1, 0.15) is 44.9 Å². The van der Waals surface area contributed by atoms with Gasteiger partial charge >= 0.3 is 11.9 Å². The Balaban J connectivity index is 2.04. The highest BCUT2D eigenvalue weighted by molar-refractivity contribution is 6.00. The van der Waals surface area contributed by atoms with Gasteiger partial charge in [-0.15, -0.1) is 0 Å². The Morgan fingerprint density at radius 3 is 2.13 bits per heavy atom. The number of hydrogen-bond acceptors (Lipinski definition) is 7. The number of rotatable bonds is 10. The van der Waals surface area contributed by atoms with Gasteiger partial charge in [-0.05, 0) is 38.5 Å². The van der Waals surface area contributed by atoms with Crippen LogP contribution in [-0.2, 0) is 20.8 Å². The maximum absolute atomic E-state index is 12.6. The third kappa shape index (κ3) is 5.62. The average Bonchev–Trinajstić information content (AvgIpc) is 3.04. The molecule has 2 rings (SSSR count). The molecule has 0 spiro atoms. The fraction of sp³-hybridized carbons (Fsp3) is 0.409. The van der Waals surface area contributed by atoms with Crippen LogP contribution in [-0.4, -0.2) is 50.2 Å². The normalized spacial score (nSPS) is 10.4. The van der Waals surface area contributed by atoms with E-state index in [1.807, 2.05) is 18.4 Å². The zero-order valence-electron chi connectivity index (χ0n) is 17.9. The van der Waals surface area contributed by atoms with E-state index in [0.717, 1.165) is 11.4 Å². The summed E-state index contributed by atoms with van der Waals surface area (Å²) in [5, 5.41) is 0. The summed E-state index contributed by atoms with van der Waals surface area (Å²) in [7, 11) is 4.32. The van der Waals surface area contributed by atoms with Gasteiger partial charge in [-0.25, -0.2) is 4.79 Å². The molecule has 0 N–H and O–H groups in total. The van der Waals surface area contributed by atoms with Gasteiger partial charge in [-0.2, -0.15) is 0 Å². The fourth-order valence-corrected chi connectivity index (χ4v) is 3.13. The van der Waals surface area contributed by atoms with Gasteiger partial charge in [0.1, 0.15) is 11.5 Å². The summed E-state index contributed by atoms with van der Waals surface area (Å²) in [6.45, 7) is 3.91. The zero-order valence-corrected chi connectivity index (χ0v) is 17.9. The van der Waals surface area contributed by atoms with Crippen molar-refractivity contribution in [2.45, 2.75) is 33.2 Å². The van der Waals surface area contributed by atoms with Crippen molar-refractivity contribution in [3.8, 4) is 11.5 Å². The highest BCUT2D eigenvalue weighted by atomic mass is 16.5. The van der Waals surface area contributed by atoms with Crippen molar-refractivity contribution in [1.29, 1.82) is 0 Å². The lowest BCUT2D eigenvalue weighted by Gasteiger charge is -2.10. The predicted octanol–water partition coefficient (Wildman–Crippen LogP) is 3.12. The van der Waals surface area contributed by atoms with Crippen molar-refractivity contribution in [1.82, 2.24) is 4.57 Å². The third-order valence-electron chi connectivity index (χ3n) is 4.79. The SMILES string of the molecule is COC(=O)CCCn1c(C)cc(C(=O)COC(=O)c2cc(OC)cc(OC)c2)c1C. The number of nitrogens with zero attached hydrogens (tertiary/aromatic N) is 1. The van der Waals surface area contributed by atoms with Crippen molar-refractivity contribution in [2.75, 3.05) is 27.9 Å². The van der Waals surface area contributed by atoms with Gasteiger partial charge in [-0.1, -0.05) is 0 Å². The van der Waals surface area contributed by atoms with Crippen LogP contribution in [0.5, 0.6) is 11.5 Å². The summed E-state index contributed by atoms with van der Waals surface area (Å²) in [6.07, 6.45) is 0.905. The fourth-order valence-electron chi connectivity index (χ4n) is 3.13. The molecule has 0 radical (unpaired) electrons. The number of carbonyl (C=O) groups excluding carboxylic acids is 3. The minimum absolute atomic E-state index is 0.229. The number of carbonyl (C=O) groups is 3. The van der Waals surface area contributed by atoms with E-state index in [0.29, 0.717) is 36.4 Å². The van der Waals surface area contributed by atoms with Gasteiger partial charge in [0.15, 0.2) is 6.61 Å². The smallest absolute Gasteiger partial charge is 0.338 e. The molecule has 0 fully saturated rings. The maximum atomic E-state index is 12.6. The molecule has 30 heavy (non-hydrogen) atoms. The van der Waals surface area contributed by atoms with E-state index in [9.17, 15) is 14.4 Å². The first-order valence-corrected chi connectivity index (χ1v) is 9.47. The molecule has 0 aliphatic rings. The molecule has 162 valence electrons. The average molecular weight is 417 g/mol. The van der Waals surface area contributed by atoms with E-state index in [1.165, 1.54) is 33.5 Å². The summed E-state index contributed by atoms with van der Waals surface area (Å²) in [6, 6.07) is 6.43. The summed E-state index contributed by atoms with van der Waals surface area (Å²) < 4.78 is 22.1. The van der Waals surface area contributed by atoms with Gasteiger partial charge in [-0.3, -0.25) is 9.59 Å². The molecule has 1 aromatic heterocycles. The Bertz CT molecular complexity index is 908. The number of ketones is 1. The molecule has 2 aromatic rings. The Morgan fingerprint density at radius 1 is 0.933 bits per heavy atom. The first-order valence-electron chi connectivity index (χ1n) is 9.47. The van der Waals surface area contributed by atoms with Crippen LogP contribution >= 0.6 is 0 Å². The topological polar surface area (TPSA) is 93.1 Å². The van der Waals surface area contributed by atoms with E-state index in [4.69, 9.17) is 14.2 Å². The first-order chi connectivity index (χ1) is 14.3. The molecular formula is C22H27NO7. The molecule has 0 unspecified atom stereocenters. The van der Waals surface area contributed by atoms with Crippen LogP contribution in [0.2, 0.25) is 0 Å². The third-order valence-corrected chi connectivity index (χ3v) is 4.79. The number of ether oxygens (including phenoxy) is 4. The molecule has 0 atom stereocenters. The lowest BCUT2D eigenvalue weighted by Crippen LogP contribution is -2.15. The van der Waals surface area contributed by atoms with Gasteiger partial charge in [0.2, 0.25) is 5.78 Å². The van der Waals surface area contributed by atoms with Gasteiger partial charge < -0.3 is 23.5 Å². The largest absolute Gasteiger partial charge is 0.497 e. The highest BCUT2D eigenvalue weighted by Gasteiger charge is 2.19. The second kappa shape index (κ2) is 10.5. The molecule has 0 amide bonds. The van der Waals surface area contributed by atoms with Crippen LogP contribution < -0.4 is 9.47 Å². The molecule has 8 nitrogen and oxygen atoms in total. The Morgan fingerprint density at radius 2 is 1.57 bits per heavy atom. The summed E-state index contributed by atoms with van der Waals surface area (Å²) in [5.74, 6) is -0.320. The van der Waals surface area contributed by atoms with Crippen molar-refractivity contribution in [3.63, 3.8) is 0 Å². The Kier molecular flexibility index (Phi) is 8.03. The molecule has 0 saturated heterocycles. The molecule has 0 aliphatic heterocycles. The number of hydrogen-bond donors (Lipinski definition) is 0. The van der Waals surface area contributed by atoms with Crippen molar-refractivity contribution < 1.29 is 33.3 Å². The quantitative estimate of drug-likeness (QED) is 0.433. The monoisotopic (exact) mass is 417 g/mol. The van der Waals surface area contributed by atoms with Crippen molar-refractivity contribution in [2.24, 2.45) is 0 Å². The number of aromatic nitrogens is 1.